The molecule has 0 radical (unpaired) electrons. The first kappa shape index (κ1) is 15.8. The van der Waals surface area contributed by atoms with E-state index in [9.17, 15) is 13.6 Å². The van der Waals surface area contributed by atoms with Gasteiger partial charge in [0.15, 0.2) is 11.6 Å². The predicted octanol–water partition coefficient (Wildman–Crippen LogP) is 4.03. The van der Waals surface area contributed by atoms with Crippen molar-refractivity contribution in [1.29, 1.82) is 0 Å². The molecule has 0 unspecified atom stereocenters. The summed E-state index contributed by atoms with van der Waals surface area (Å²) < 4.78 is 25.8. The maximum Gasteiger partial charge on any atom is 0.230 e. The number of hydrogen-bond acceptors (Lipinski definition) is 2. The summed E-state index contributed by atoms with van der Waals surface area (Å²) in [5.74, 6) is -1.90. The summed E-state index contributed by atoms with van der Waals surface area (Å²) in [5, 5.41) is 3.31. The van der Waals surface area contributed by atoms with E-state index in [-0.39, 0.29) is 11.7 Å². The van der Waals surface area contributed by atoms with Gasteiger partial charge in [0.1, 0.15) is 0 Å². The average Bonchev–Trinajstić information content (AvgIpc) is 2.47. The van der Waals surface area contributed by atoms with E-state index in [1.54, 1.807) is 6.07 Å². The van der Waals surface area contributed by atoms with Crippen LogP contribution >= 0.6 is 23.4 Å². The van der Waals surface area contributed by atoms with Crippen molar-refractivity contribution in [2.75, 3.05) is 5.75 Å². The third-order valence-electron chi connectivity index (χ3n) is 2.69. The number of rotatable bonds is 5. The Hall–Kier alpha value is -1.59. The molecule has 0 spiro atoms. The van der Waals surface area contributed by atoms with Gasteiger partial charge in [0.2, 0.25) is 5.91 Å². The van der Waals surface area contributed by atoms with Crippen LogP contribution in [0, 0.1) is 11.6 Å². The average molecular weight is 328 g/mol. The van der Waals surface area contributed by atoms with Gasteiger partial charge in [0.25, 0.3) is 0 Å². The quantitative estimate of drug-likeness (QED) is 0.840. The fraction of sp³-hybridized carbons (Fsp3) is 0.133. The maximum absolute atomic E-state index is 13.0. The molecular formula is C15H12ClF2NOS. The first-order chi connectivity index (χ1) is 10.1. The molecule has 2 rings (SSSR count). The number of benzene rings is 2. The predicted molar refractivity (Wildman–Crippen MR) is 80.4 cm³/mol. The highest BCUT2D eigenvalue weighted by Crippen LogP contribution is 2.20. The summed E-state index contributed by atoms with van der Waals surface area (Å²) in [4.78, 5) is 12.2. The Morgan fingerprint density at radius 1 is 1.14 bits per heavy atom. The highest BCUT2D eigenvalue weighted by molar-refractivity contribution is 8.00. The van der Waals surface area contributed by atoms with Crippen LogP contribution in [0.15, 0.2) is 47.4 Å². The van der Waals surface area contributed by atoms with Crippen LogP contribution in [0.3, 0.4) is 0 Å². The molecule has 0 aliphatic heterocycles. The first-order valence-electron chi connectivity index (χ1n) is 6.14. The Morgan fingerprint density at radius 3 is 2.62 bits per heavy atom. The van der Waals surface area contributed by atoms with E-state index in [1.165, 1.54) is 6.07 Å². The molecule has 2 aromatic rings. The number of hydrogen-bond donors (Lipinski definition) is 1. The van der Waals surface area contributed by atoms with Crippen molar-refractivity contribution in [2.24, 2.45) is 0 Å². The van der Waals surface area contributed by atoms with Crippen molar-refractivity contribution in [1.82, 2.24) is 5.32 Å². The highest BCUT2D eigenvalue weighted by atomic mass is 35.5. The molecule has 6 heteroatoms. The number of amides is 1. The topological polar surface area (TPSA) is 29.1 Å². The van der Waals surface area contributed by atoms with Crippen LogP contribution in [0.4, 0.5) is 8.78 Å². The molecule has 1 N–H and O–H groups in total. The molecule has 0 bridgehead atoms. The molecule has 0 atom stereocenters. The van der Waals surface area contributed by atoms with Gasteiger partial charge in [-0.25, -0.2) is 8.78 Å². The van der Waals surface area contributed by atoms with Gasteiger partial charge in [0.05, 0.1) is 5.75 Å². The molecule has 0 aliphatic carbocycles. The molecule has 0 aromatic heterocycles. The van der Waals surface area contributed by atoms with Crippen LogP contribution in [-0.4, -0.2) is 11.7 Å². The normalized spacial score (nSPS) is 10.4. The van der Waals surface area contributed by atoms with Crippen LogP contribution in [0.2, 0.25) is 5.02 Å². The largest absolute Gasteiger partial charge is 0.351 e. The van der Waals surface area contributed by atoms with Crippen molar-refractivity contribution in [3.05, 3.63) is 64.7 Å². The molecule has 2 nitrogen and oxygen atoms in total. The minimum atomic E-state index is -0.920. The molecule has 0 saturated carbocycles. The molecule has 1 amide bonds. The summed E-state index contributed by atoms with van der Waals surface area (Å²) in [6.45, 7) is 0.330. The number of halogens is 3. The van der Waals surface area contributed by atoms with Crippen LogP contribution in [0.25, 0.3) is 0 Å². The standard InChI is InChI=1S/C15H12ClF2NOS/c16-12-4-2-1-3-10(12)8-19-15(20)9-21-11-5-6-13(17)14(18)7-11/h1-7H,8-9H2,(H,19,20). The lowest BCUT2D eigenvalue weighted by Crippen LogP contribution is -2.24. The lowest BCUT2D eigenvalue weighted by molar-refractivity contribution is -0.118. The molecule has 110 valence electrons. The molecule has 0 saturated heterocycles. The van der Waals surface area contributed by atoms with Crippen molar-refractivity contribution in [2.45, 2.75) is 11.4 Å². The van der Waals surface area contributed by atoms with Gasteiger partial charge in [0, 0.05) is 16.5 Å². The maximum atomic E-state index is 13.0. The second kappa shape index (κ2) is 7.43. The summed E-state index contributed by atoms with van der Waals surface area (Å²) in [6.07, 6.45) is 0. The number of thioether (sulfide) groups is 1. The molecule has 0 heterocycles. The van der Waals surface area contributed by atoms with Crippen LogP contribution < -0.4 is 5.32 Å². The SMILES string of the molecule is O=C(CSc1ccc(F)c(F)c1)NCc1ccccc1Cl. The molecular weight excluding hydrogens is 316 g/mol. The number of carbonyl (C=O) groups excluding carboxylic acids is 1. The van der Waals surface area contributed by atoms with Gasteiger partial charge in [-0.05, 0) is 29.8 Å². The summed E-state index contributed by atoms with van der Waals surface area (Å²) in [6, 6.07) is 10.8. The number of nitrogens with one attached hydrogen (secondary N) is 1. The highest BCUT2D eigenvalue weighted by Gasteiger charge is 2.07. The van der Waals surface area contributed by atoms with Crippen LogP contribution in [-0.2, 0) is 11.3 Å². The molecule has 0 aliphatic rings. The minimum Gasteiger partial charge on any atom is -0.351 e. The van der Waals surface area contributed by atoms with Crippen molar-refractivity contribution in [3.8, 4) is 0 Å². The van der Waals surface area contributed by atoms with E-state index in [0.717, 1.165) is 29.5 Å². The second-order valence-corrected chi connectivity index (χ2v) is 5.69. The Bertz CT molecular complexity index is 651. The Balaban J connectivity index is 1.82. The zero-order chi connectivity index (χ0) is 15.2. The smallest absolute Gasteiger partial charge is 0.230 e. The van der Waals surface area contributed by atoms with Crippen molar-refractivity contribution < 1.29 is 13.6 Å². The fourth-order valence-corrected chi connectivity index (χ4v) is 2.56. The minimum absolute atomic E-state index is 0.121. The second-order valence-electron chi connectivity index (χ2n) is 4.23. The third kappa shape index (κ3) is 4.72. The van der Waals surface area contributed by atoms with Crippen LogP contribution in [0.1, 0.15) is 5.56 Å². The Labute approximate surface area is 130 Å². The van der Waals surface area contributed by atoms with Gasteiger partial charge in [-0.3, -0.25) is 4.79 Å². The molecule has 0 fully saturated rings. The van der Waals surface area contributed by atoms with Gasteiger partial charge in [-0.15, -0.1) is 11.8 Å². The lowest BCUT2D eigenvalue weighted by Gasteiger charge is -2.07. The van der Waals surface area contributed by atoms with E-state index < -0.39 is 11.6 Å². The van der Waals surface area contributed by atoms with Crippen molar-refractivity contribution >= 4 is 29.3 Å². The molecule has 2 aromatic carbocycles. The lowest BCUT2D eigenvalue weighted by atomic mass is 10.2. The van der Waals surface area contributed by atoms with E-state index in [1.807, 2.05) is 18.2 Å². The van der Waals surface area contributed by atoms with E-state index in [4.69, 9.17) is 11.6 Å². The van der Waals surface area contributed by atoms with Gasteiger partial charge < -0.3 is 5.32 Å². The zero-order valence-electron chi connectivity index (χ0n) is 10.9. The monoisotopic (exact) mass is 327 g/mol. The van der Waals surface area contributed by atoms with E-state index in [2.05, 4.69) is 5.32 Å². The molecule has 21 heavy (non-hydrogen) atoms. The van der Waals surface area contributed by atoms with Crippen LogP contribution in [0.5, 0.6) is 0 Å². The Morgan fingerprint density at radius 2 is 1.90 bits per heavy atom. The Kier molecular flexibility index (Phi) is 5.59. The van der Waals surface area contributed by atoms with Gasteiger partial charge in [-0.2, -0.15) is 0 Å². The summed E-state index contributed by atoms with van der Waals surface area (Å²) in [5.41, 5.74) is 0.824. The van der Waals surface area contributed by atoms with E-state index >= 15 is 0 Å². The van der Waals surface area contributed by atoms with Gasteiger partial charge >= 0.3 is 0 Å². The fourth-order valence-electron chi connectivity index (χ4n) is 1.60. The third-order valence-corrected chi connectivity index (χ3v) is 4.06. The summed E-state index contributed by atoms with van der Waals surface area (Å²) in [7, 11) is 0. The summed E-state index contributed by atoms with van der Waals surface area (Å²) >= 11 is 7.12. The van der Waals surface area contributed by atoms with E-state index in [0.29, 0.717) is 16.5 Å². The van der Waals surface area contributed by atoms with Crippen molar-refractivity contribution in [3.63, 3.8) is 0 Å². The zero-order valence-corrected chi connectivity index (χ0v) is 12.5. The number of carbonyl (C=O) groups is 1. The van der Waals surface area contributed by atoms with Gasteiger partial charge in [-0.1, -0.05) is 29.8 Å². The first-order valence-corrected chi connectivity index (χ1v) is 7.50.